The second kappa shape index (κ2) is 7.24. The highest BCUT2D eigenvalue weighted by atomic mass is 19.3. The van der Waals surface area contributed by atoms with Crippen molar-refractivity contribution in [2.24, 2.45) is 0 Å². The van der Waals surface area contributed by atoms with Crippen molar-refractivity contribution in [3.05, 3.63) is 23.9 Å². The molecule has 0 bridgehead atoms. The summed E-state index contributed by atoms with van der Waals surface area (Å²) in [6.07, 6.45) is -2.31. The van der Waals surface area contributed by atoms with Crippen LogP contribution in [-0.4, -0.2) is 35.8 Å². The van der Waals surface area contributed by atoms with Gasteiger partial charge in [-0.2, -0.15) is 8.78 Å². The largest absolute Gasteiger partial charge is 0.370 e. The number of pyridine rings is 1. The van der Waals surface area contributed by atoms with Crippen molar-refractivity contribution in [3.8, 4) is 0 Å². The molecule has 0 aliphatic carbocycles. The molecule has 1 amide bonds. The number of rotatable bonds is 7. The number of aromatic nitrogens is 1. The lowest BCUT2D eigenvalue weighted by Gasteiger charge is -2.23. The van der Waals surface area contributed by atoms with Crippen LogP contribution in [0.25, 0.3) is 0 Å². The van der Waals surface area contributed by atoms with Gasteiger partial charge in [-0.1, -0.05) is 6.07 Å². The maximum Gasteiger partial charge on any atom is 0.326 e. The van der Waals surface area contributed by atoms with Crippen LogP contribution in [0, 0.1) is 6.92 Å². The number of amides is 1. The van der Waals surface area contributed by atoms with Gasteiger partial charge in [0.25, 0.3) is 0 Å². The monoisotopic (exact) mass is 307 g/mol. The van der Waals surface area contributed by atoms with Crippen LogP contribution < -0.4 is 10.6 Å². The van der Waals surface area contributed by atoms with Gasteiger partial charge in [0.1, 0.15) is 5.82 Å². The summed E-state index contributed by atoms with van der Waals surface area (Å²) >= 11 is 0. The van der Waals surface area contributed by atoms with Gasteiger partial charge < -0.3 is 10.6 Å². The molecule has 1 rings (SSSR count). The highest BCUT2D eigenvalue weighted by Gasteiger charge is 2.46. The third-order valence-corrected chi connectivity index (χ3v) is 2.82. The Morgan fingerprint density at radius 3 is 2.57 bits per heavy atom. The Hall–Kier alpha value is -1.86. The molecule has 0 fully saturated rings. The smallest absolute Gasteiger partial charge is 0.326 e. The highest BCUT2D eigenvalue weighted by Crippen LogP contribution is 2.26. The van der Waals surface area contributed by atoms with Crippen LogP contribution in [-0.2, 0) is 4.79 Å². The van der Waals surface area contributed by atoms with Crippen molar-refractivity contribution >= 4 is 11.7 Å². The lowest BCUT2D eigenvalue weighted by Crippen LogP contribution is -2.49. The first kappa shape index (κ1) is 17.2. The summed E-state index contributed by atoms with van der Waals surface area (Å²) in [5, 5.41) is 4.70. The molecule has 0 aliphatic rings. The first-order valence-corrected chi connectivity index (χ1v) is 6.35. The maximum atomic E-state index is 12.9. The van der Waals surface area contributed by atoms with Crippen LogP contribution in [0.15, 0.2) is 18.3 Å². The van der Waals surface area contributed by atoms with Crippen molar-refractivity contribution in [2.45, 2.75) is 38.7 Å². The minimum atomic E-state index is -4.25. The van der Waals surface area contributed by atoms with Gasteiger partial charge in [0.15, 0.2) is 0 Å². The van der Waals surface area contributed by atoms with Gasteiger partial charge in [-0.3, -0.25) is 4.79 Å². The molecule has 0 aliphatic heterocycles. The van der Waals surface area contributed by atoms with Crippen molar-refractivity contribution < 1.29 is 22.4 Å². The van der Waals surface area contributed by atoms with E-state index < -0.39 is 24.3 Å². The molecule has 0 radical (unpaired) electrons. The Morgan fingerprint density at radius 2 is 2.05 bits per heavy atom. The van der Waals surface area contributed by atoms with Gasteiger partial charge in [0, 0.05) is 19.2 Å². The molecule has 1 heterocycles. The lowest BCUT2D eigenvalue weighted by molar-refractivity contribution is -0.152. The molecule has 1 aromatic rings. The Balaban J connectivity index is 2.36. The minimum Gasteiger partial charge on any atom is -0.370 e. The maximum absolute atomic E-state index is 12.9. The topological polar surface area (TPSA) is 54.0 Å². The lowest BCUT2D eigenvalue weighted by atomic mass is 10.1. The fourth-order valence-corrected chi connectivity index (χ4v) is 1.48. The fourth-order valence-electron chi connectivity index (χ4n) is 1.48. The van der Waals surface area contributed by atoms with E-state index in [1.807, 2.05) is 18.3 Å². The Kier molecular flexibility index (Phi) is 5.92. The Labute approximate surface area is 119 Å². The number of anilines is 1. The molecular weight excluding hydrogens is 290 g/mol. The second-order valence-corrected chi connectivity index (χ2v) is 4.66. The Morgan fingerprint density at radius 1 is 1.38 bits per heavy atom. The standard InChI is InChI=1S/C13H17F4N3O/c1-8-3-4-10(19-7-8)18-6-5-11(21)20-9(2)13(16,17)12(14)15/h3-4,7,9,12H,5-6H2,1-2H3,(H,18,19)(H,20,21). The van der Waals surface area contributed by atoms with Gasteiger partial charge in [0.05, 0.1) is 6.04 Å². The van der Waals surface area contributed by atoms with Gasteiger partial charge in [-0.25, -0.2) is 13.8 Å². The average Bonchev–Trinajstić information content (AvgIpc) is 2.40. The van der Waals surface area contributed by atoms with Crippen LogP contribution in [0.2, 0.25) is 0 Å². The molecule has 8 heteroatoms. The molecule has 2 N–H and O–H groups in total. The summed E-state index contributed by atoms with van der Waals surface area (Å²) < 4.78 is 50.1. The van der Waals surface area contributed by atoms with Gasteiger partial charge in [0.2, 0.25) is 5.91 Å². The zero-order valence-corrected chi connectivity index (χ0v) is 11.7. The SMILES string of the molecule is Cc1ccc(NCCC(=O)NC(C)C(F)(F)C(F)F)nc1. The molecule has 0 spiro atoms. The first-order chi connectivity index (χ1) is 9.73. The third kappa shape index (κ3) is 5.20. The van der Waals surface area contributed by atoms with Crippen LogP contribution in [0.1, 0.15) is 18.9 Å². The van der Waals surface area contributed by atoms with E-state index in [-0.39, 0.29) is 13.0 Å². The second-order valence-electron chi connectivity index (χ2n) is 4.66. The zero-order chi connectivity index (χ0) is 16.0. The van der Waals surface area contributed by atoms with Crippen LogP contribution >= 0.6 is 0 Å². The predicted molar refractivity (Wildman–Crippen MR) is 70.6 cm³/mol. The number of hydrogen-bond donors (Lipinski definition) is 2. The van der Waals surface area contributed by atoms with Crippen molar-refractivity contribution in [3.63, 3.8) is 0 Å². The van der Waals surface area contributed by atoms with E-state index in [1.54, 1.807) is 12.3 Å². The van der Waals surface area contributed by atoms with E-state index >= 15 is 0 Å². The predicted octanol–water partition coefficient (Wildman–Crippen LogP) is 2.60. The Bertz CT molecular complexity index is 465. The summed E-state index contributed by atoms with van der Waals surface area (Å²) in [6.45, 7) is 2.88. The number of hydrogen-bond acceptors (Lipinski definition) is 3. The van der Waals surface area contributed by atoms with E-state index in [2.05, 4.69) is 10.3 Å². The van der Waals surface area contributed by atoms with E-state index in [0.29, 0.717) is 5.82 Å². The van der Waals surface area contributed by atoms with Crippen molar-refractivity contribution in [1.82, 2.24) is 10.3 Å². The quantitative estimate of drug-likeness (QED) is 0.761. The minimum absolute atomic E-state index is 0.126. The molecule has 21 heavy (non-hydrogen) atoms. The number of halogens is 4. The number of carbonyl (C=O) groups is 1. The van der Waals surface area contributed by atoms with Gasteiger partial charge >= 0.3 is 12.3 Å². The molecular formula is C13H17F4N3O. The zero-order valence-electron chi connectivity index (χ0n) is 11.7. The molecule has 1 unspecified atom stereocenters. The van der Waals surface area contributed by atoms with Gasteiger partial charge in [-0.05, 0) is 25.5 Å². The normalized spacial score (nSPS) is 13.1. The van der Waals surface area contributed by atoms with E-state index in [1.165, 1.54) is 0 Å². The molecule has 0 saturated heterocycles. The number of carbonyl (C=O) groups excluding carboxylic acids is 1. The van der Waals surface area contributed by atoms with E-state index in [0.717, 1.165) is 12.5 Å². The summed E-state index contributed by atoms with van der Waals surface area (Å²) in [5.74, 6) is -4.44. The first-order valence-electron chi connectivity index (χ1n) is 6.35. The van der Waals surface area contributed by atoms with Crippen LogP contribution in [0.5, 0.6) is 0 Å². The molecule has 1 atom stereocenters. The highest BCUT2D eigenvalue weighted by molar-refractivity contribution is 5.76. The number of nitrogens with zero attached hydrogens (tertiary/aromatic N) is 1. The van der Waals surface area contributed by atoms with Crippen molar-refractivity contribution in [1.29, 1.82) is 0 Å². The van der Waals surface area contributed by atoms with Crippen LogP contribution in [0.4, 0.5) is 23.4 Å². The van der Waals surface area contributed by atoms with Crippen LogP contribution in [0.3, 0.4) is 0 Å². The molecule has 1 aromatic heterocycles. The summed E-state index contributed by atoms with van der Waals surface area (Å²) in [6, 6.07) is 1.60. The average molecular weight is 307 g/mol. The molecule has 0 aromatic carbocycles. The number of aryl methyl sites for hydroxylation is 1. The fraction of sp³-hybridized carbons (Fsp3) is 0.538. The summed E-state index contributed by atoms with van der Waals surface area (Å²) in [4.78, 5) is 15.5. The van der Waals surface area contributed by atoms with E-state index in [9.17, 15) is 22.4 Å². The molecule has 0 saturated carbocycles. The van der Waals surface area contributed by atoms with Crippen molar-refractivity contribution in [2.75, 3.05) is 11.9 Å². The van der Waals surface area contributed by atoms with E-state index in [4.69, 9.17) is 0 Å². The summed E-state index contributed by atoms with van der Waals surface area (Å²) in [5.41, 5.74) is 0.973. The van der Waals surface area contributed by atoms with Gasteiger partial charge in [-0.15, -0.1) is 0 Å². The number of alkyl halides is 4. The third-order valence-electron chi connectivity index (χ3n) is 2.82. The summed E-state index contributed by atoms with van der Waals surface area (Å²) in [7, 11) is 0. The number of nitrogens with one attached hydrogen (secondary N) is 2. The molecule has 4 nitrogen and oxygen atoms in total. The molecule has 118 valence electrons.